The third kappa shape index (κ3) is 2.78. The SMILES string of the molecule is Cc1cc2nc3c4ccccc4nc(NCCc4ccccc4)n3c2cc1C. The summed E-state index contributed by atoms with van der Waals surface area (Å²) in [7, 11) is 0. The normalized spacial score (nSPS) is 11.5. The number of imidazole rings is 1. The number of aryl methyl sites for hydroxylation is 2. The van der Waals surface area contributed by atoms with Crippen LogP contribution in [0.3, 0.4) is 0 Å². The Morgan fingerprint density at radius 1 is 0.821 bits per heavy atom. The highest BCUT2D eigenvalue weighted by Gasteiger charge is 2.14. The van der Waals surface area contributed by atoms with E-state index in [4.69, 9.17) is 9.97 Å². The van der Waals surface area contributed by atoms with Crippen LogP contribution in [0.1, 0.15) is 16.7 Å². The first-order chi connectivity index (χ1) is 13.7. The van der Waals surface area contributed by atoms with Gasteiger partial charge < -0.3 is 5.32 Å². The van der Waals surface area contributed by atoms with Crippen molar-refractivity contribution in [2.24, 2.45) is 0 Å². The fourth-order valence-corrected chi connectivity index (χ4v) is 3.73. The van der Waals surface area contributed by atoms with E-state index < -0.39 is 0 Å². The van der Waals surface area contributed by atoms with Crippen LogP contribution in [0.5, 0.6) is 0 Å². The van der Waals surface area contributed by atoms with Crippen LogP contribution in [-0.2, 0) is 6.42 Å². The van der Waals surface area contributed by atoms with Crippen molar-refractivity contribution in [1.82, 2.24) is 14.4 Å². The van der Waals surface area contributed by atoms with E-state index in [1.165, 1.54) is 16.7 Å². The quantitative estimate of drug-likeness (QED) is 0.469. The maximum absolute atomic E-state index is 4.96. The Balaban J connectivity index is 1.66. The molecule has 138 valence electrons. The van der Waals surface area contributed by atoms with Crippen LogP contribution in [0.2, 0.25) is 0 Å². The molecule has 0 aliphatic heterocycles. The zero-order valence-electron chi connectivity index (χ0n) is 16.1. The summed E-state index contributed by atoms with van der Waals surface area (Å²) in [6.07, 6.45) is 0.946. The second-order valence-electron chi connectivity index (χ2n) is 7.31. The molecule has 0 bridgehead atoms. The molecule has 0 saturated heterocycles. The first-order valence-electron chi connectivity index (χ1n) is 9.67. The van der Waals surface area contributed by atoms with Crippen LogP contribution in [0.15, 0.2) is 66.7 Å². The third-order valence-electron chi connectivity index (χ3n) is 5.39. The molecule has 0 aliphatic carbocycles. The molecule has 0 amide bonds. The number of aromatic nitrogens is 3. The zero-order valence-corrected chi connectivity index (χ0v) is 16.1. The van der Waals surface area contributed by atoms with Gasteiger partial charge in [-0.15, -0.1) is 0 Å². The monoisotopic (exact) mass is 366 g/mol. The lowest BCUT2D eigenvalue weighted by atomic mass is 10.1. The lowest BCUT2D eigenvalue weighted by Gasteiger charge is -2.11. The molecular weight excluding hydrogens is 344 g/mol. The maximum Gasteiger partial charge on any atom is 0.209 e. The van der Waals surface area contributed by atoms with Crippen molar-refractivity contribution in [2.75, 3.05) is 11.9 Å². The van der Waals surface area contributed by atoms with Crippen LogP contribution < -0.4 is 5.32 Å². The number of nitrogens with one attached hydrogen (secondary N) is 1. The van der Waals surface area contributed by atoms with E-state index in [0.29, 0.717) is 0 Å². The van der Waals surface area contributed by atoms with E-state index >= 15 is 0 Å². The fraction of sp³-hybridized carbons (Fsp3) is 0.167. The summed E-state index contributed by atoms with van der Waals surface area (Å²) in [5.74, 6) is 0.843. The molecule has 0 unspecified atom stereocenters. The Morgan fingerprint density at radius 3 is 2.43 bits per heavy atom. The Bertz CT molecular complexity index is 1300. The molecule has 2 aromatic heterocycles. The summed E-state index contributed by atoms with van der Waals surface area (Å²) >= 11 is 0. The molecule has 5 rings (SSSR count). The van der Waals surface area contributed by atoms with Crippen LogP contribution in [0.25, 0.3) is 27.6 Å². The minimum absolute atomic E-state index is 0.814. The van der Waals surface area contributed by atoms with Gasteiger partial charge in [-0.25, -0.2) is 9.97 Å². The number of hydrogen-bond donors (Lipinski definition) is 1. The minimum Gasteiger partial charge on any atom is -0.355 e. The second kappa shape index (κ2) is 6.64. The highest BCUT2D eigenvalue weighted by atomic mass is 15.2. The Kier molecular flexibility index (Phi) is 3.97. The van der Waals surface area contributed by atoms with E-state index in [-0.39, 0.29) is 0 Å². The Hall–Kier alpha value is -3.40. The number of rotatable bonds is 4. The van der Waals surface area contributed by atoms with Crippen molar-refractivity contribution >= 4 is 33.5 Å². The predicted octanol–water partition coefficient (Wildman–Crippen LogP) is 5.31. The summed E-state index contributed by atoms with van der Waals surface area (Å²) in [6.45, 7) is 5.09. The van der Waals surface area contributed by atoms with E-state index in [9.17, 15) is 0 Å². The first kappa shape index (κ1) is 16.8. The lowest BCUT2D eigenvalue weighted by Crippen LogP contribution is -2.10. The minimum atomic E-state index is 0.814. The summed E-state index contributed by atoms with van der Waals surface area (Å²) in [4.78, 5) is 9.88. The van der Waals surface area contributed by atoms with Crippen molar-refractivity contribution in [3.05, 3.63) is 83.4 Å². The van der Waals surface area contributed by atoms with Gasteiger partial charge in [-0.3, -0.25) is 4.40 Å². The van der Waals surface area contributed by atoms with Gasteiger partial charge in [0, 0.05) is 11.9 Å². The second-order valence-corrected chi connectivity index (χ2v) is 7.31. The number of nitrogens with zero attached hydrogens (tertiary/aromatic N) is 3. The van der Waals surface area contributed by atoms with Gasteiger partial charge in [-0.05, 0) is 61.2 Å². The number of benzene rings is 3. The largest absolute Gasteiger partial charge is 0.355 e. The van der Waals surface area contributed by atoms with Crippen molar-refractivity contribution in [1.29, 1.82) is 0 Å². The van der Waals surface area contributed by atoms with Gasteiger partial charge in [0.25, 0.3) is 0 Å². The van der Waals surface area contributed by atoms with E-state index in [0.717, 1.165) is 46.5 Å². The van der Waals surface area contributed by atoms with Crippen LogP contribution >= 0.6 is 0 Å². The van der Waals surface area contributed by atoms with Crippen molar-refractivity contribution in [2.45, 2.75) is 20.3 Å². The molecule has 28 heavy (non-hydrogen) atoms. The molecule has 4 heteroatoms. The zero-order chi connectivity index (χ0) is 19.1. The van der Waals surface area contributed by atoms with Gasteiger partial charge in [0.1, 0.15) is 5.65 Å². The molecule has 3 aromatic carbocycles. The van der Waals surface area contributed by atoms with Crippen molar-refractivity contribution < 1.29 is 0 Å². The smallest absolute Gasteiger partial charge is 0.209 e. The molecule has 0 fully saturated rings. The first-order valence-corrected chi connectivity index (χ1v) is 9.67. The molecular formula is C24H22N4. The van der Waals surface area contributed by atoms with Crippen LogP contribution in [0.4, 0.5) is 5.95 Å². The van der Waals surface area contributed by atoms with Crippen molar-refractivity contribution in [3.63, 3.8) is 0 Å². The van der Waals surface area contributed by atoms with Gasteiger partial charge in [0.2, 0.25) is 5.95 Å². The van der Waals surface area contributed by atoms with Gasteiger partial charge in [-0.1, -0.05) is 42.5 Å². The van der Waals surface area contributed by atoms with E-state index in [2.05, 4.69) is 66.0 Å². The van der Waals surface area contributed by atoms with Crippen LogP contribution in [-0.4, -0.2) is 20.9 Å². The number of para-hydroxylation sites is 1. The molecule has 1 N–H and O–H groups in total. The molecule has 0 saturated carbocycles. The lowest BCUT2D eigenvalue weighted by molar-refractivity contribution is 0.980. The predicted molar refractivity (Wildman–Crippen MR) is 116 cm³/mol. The summed E-state index contributed by atoms with van der Waals surface area (Å²) < 4.78 is 2.16. The van der Waals surface area contributed by atoms with Gasteiger partial charge >= 0.3 is 0 Å². The average Bonchev–Trinajstić information content (AvgIpc) is 3.08. The Labute approximate surface area is 163 Å². The van der Waals surface area contributed by atoms with Gasteiger partial charge in [-0.2, -0.15) is 0 Å². The van der Waals surface area contributed by atoms with Gasteiger partial charge in [0.05, 0.1) is 16.6 Å². The number of anilines is 1. The third-order valence-corrected chi connectivity index (χ3v) is 5.39. The number of hydrogen-bond acceptors (Lipinski definition) is 3. The topological polar surface area (TPSA) is 42.2 Å². The van der Waals surface area contributed by atoms with Gasteiger partial charge in [0.15, 0.2) is 0 Å². The standard InChI is InChI=1S/C24H22N4/c1-16-14-21-22(15-17(16)2)28-23(26-21)19-10-6-7-11-20(19)27-24(28)25-13-12-18-8-4-3-5-9-18/h3-11,14-15H,12-13H2,1-2H3,(H,25,27). The molecule has 5 aromatic rings. The molecule has 0 radical (unpaired) electrons. The average molecular weight is 366 g/mol. The summed E-state index contributed by atoms with van der Waals surface area (Å²) in [6, 6.07) is 23.1. The van der Waals surface area contributed by atoms with Crippen LogP contribution in [0, 0.1) is 13.8 Å². The van der Waals surface area contributed by atoms with Crippen molar-refractivity contribution in [3.8, 4) is 0 Å². The molecule has 4 nitrogen and oxygen atoms in total. The summed E-state index contributed by atoms with van der Waals surface area (Å²) in [5, 5.41) is 4.62. The van der Waals surface area contributed by atoms with E-state index in [1.807, 2.05) is 24.3 Å². The van der Waals surface area contributed by atoms with E-state index in [1.54, 1.807) is 0 Å². The number of fused-ring (bicyclic) bond motifs is 5. The molecule has 2 heterocycles. The highest BCUT2D eigenvalue weighted by molar-refractivity contribution is 5.98. The summed E-state index contributed by atoms with van der Waals surface area (Å²) in [5.41, 5.74) is 7.85. The molecule has 0 atom stereocenters. The fourth-order valence-electron chi connectivity index (χ4n) is 3.73. The molecule has 0 aliphatic rings. The highest BCUT2D eigenvalue weighted by Crippen LogP contribution is 2.28. The maximum atomic E-state index is 4.96. The molecule has 0 spiro atoms. The Morgan fingerprint density at radius 2 is 1.57 bits per heavy atom.